The van der Waals surface area contributed by atoms with Crippen LogP contribution in [-0.4, -0.2) is 55.2 Å². The van der Waals surface area contributed by atoms with Gasteiger partial charge in [-0.2, -0.15) is 0 Å². The lowest BCUT2D eigenvalue weighted by Gasteiger charge is -2.48. The fourth-order valence-corrected chi connectivity index (χ4v) is 4.05. The van der Waals surface area contributed by atoms with Gasteiger partial charge in [0.25, 0.3) is 0 Å². The van der Waals surface area contributed by atoms with Crippen LogP contribution in [-0.2, 0) is 9.47 Å². The predicted molar refractivity (Wildman–Crippen MR) is 76.3 cm³/mol. The van der Waals surface area contributed by atoms with Crippen LogP contribution in [0.15, 0.2) is 11.5 Å². The van der Waals surface area contributed by atoms with E-state index in [1.165, 1.54) is 0 Å². The predicted octanol–water partition coefficient (Wildman–Crippen LogP) is 1.61. The van der Waals surface area contributed by atoms with Gasteiger partial charge in [0.15, 0.2) is 11.7 Å². The Bertz CT molecular complexity index is 391. The van der Waals surface area contributed by atoms with Gasteiger partial charge in [0.05, 0.1) is 13.2 Å². The van der Waals surface area contributed by atoms with Gasteiger partial charge in [-0.25, -0.2) is 0 Å². The molecule has 0 aromatic rings. The van der Waals surface area contributed by atoms with E-state index in [0.717, 1.165) is 57.6 Å². The van der Waals surface area contributed by atoms with E-state index in [9.17, 15) is 5.11 Å². The van der Waals surface area contributed by atoms with Gasteiger partial charge in [-0.1, -0.05) is 0 Å². The highest BCUT2D eigenvalue weighted by Crippen LogP contribution is 2.44. The van der Waals surface area contributed by atoms with E-state index in [0.29, 0.717) is 17.8 Å². The van der Waals surface area contributed by atoms with Crippen molar-refractivity contribution in [2.45, 2.75) is 44.4 Å². The van der Waals surface area contributed by atoms with Crippen LogP contribution < -0.4 is 5.32 Å². The van der Waals surface area contributed by atoms with Crippen molar-refractivity contribution < 1.29 is 14.6 Å². The maximum Gasteiger partial charge on any atom is 0.184 e. The molecular formula is C15H26N2O3. The van der Waals surface area contributed by atoms with Gasteiger partial charge in [-0.15, -0.1) is 0 Å². The number of rotatable bonds is 2. The van der Waals surface area contributed by atoms with Crippen LogP contribution in [0.5, 0.6) is 0 Å². The highest BCUT2D eigenvalue weighted by atomic mass is 16.7. The smallest absolute Gasteiger partial charge is 0.184 e. The normalized spacial score (nSPS) is 35.9. The number of piperidine rings is 1. The number of likely N-dealkylation sites (tertiary alicyclic amines) is 1. The Hall–Kier alpha value is -0.780. The lowest BCUT2D eigenvalue weighted by molar-refractivity contribution is -0.197. The highest BCUT2D eigenvalue weighted by Gasteiger charge is 2.47. The summed E-state index contributed by atoms with van der Waals surface area (Å²) < 4.78 is 11.7. The first kappa shape index (κ1) is 14.2. The molecule has 3 fully saturated rings. The summed E-state index contributed by atoms with van der Waals surface area (Å²) in [6.45, 7) is 5.05. The first-order chi connectivity index (χ1) is 9.63. The van der Waals surface area contributed by atoms with Crippen molar-refractivity contribution in [2.24, 2.45) is 5.92 Å². The molecule has 2 N–H and O–H groups in total. The number of fused-ring (bicyclic) bond motifs is 1. The van der Waals surface area contributed by atoms with Gasteiger partial charge in [0.1, 0.15) is 0 Å². The molecule has 5 nitrogen and oxygen atoms in total. The first-order valence-electron chi connectivity index (χ1n) is 7.76. The number of nitrogens with one attached hydrogen (secondary N) is 1. The zero-order valence-electron chi connectivity index (χ0n) is 12.5. The number of likely N-dealkylation sites (N-methyl/N-ethyl adjacent to an activating group) is 1. The fourth-order valence-electron chi connectivity index (χ4n) is 4.05. The summed E-state index contributed by atoms with van der Waals surface area (Å²) in [7, 11) is 2.16. The summed E-state index contributed by atoms with van der Waals surface area (Å²) in [6, 6.07) is 0.589. The van der Waals surface area contributed by atoms with Crippen molar-refractivity contribution in [1.82, 2.24) is 10.2 Å². The van der Waals surface area contributed by atoms with E-state index >= 15 is 0 Å². The molecule has 0 radical (unpaired) electrons. The van der Waals surface area contributed by atoms with Gasteiger partial charge < -0.3 is 19.9 Å². The van der Waals surface area contributed by atoms with Crippen molar-refractivity contribution in [3.63, 3.8) is 0 Å². The summed E-state index contributed by atoms with van der Waals surface area (Å²) >= 11 is 0. The molecule has 1 spiro atoms. The standard InChI is InChI=1S/C15H26N2O3/c1-3-16-14(18)12-8-11-9-15(19-6-7-20-15)5-4-13(11)17(2)10-12/h11,13,16,18H,3-10H2,1-2H3/b14-12-/t11-,13-/m1/s1. The molecule has 5 heteroatoms. The average Bonchev–Trinajstić information content (AvgIpc) is 2.86. The Kier molecular flexibility index (Phi) is 3.93. The third kappa shape index (κ3) is 2.54. The van der Waals surface area contributed by atoms with Gasteiger partial charge in [-0.3, -0.25) is 4.90 Å². The first-order valence-corrected chi connectivity index (χ1v) is 7.76. The molecule has 2 saturated heterocycles. The van der Waals surface area contributed by atoms with E-state index in [2.05, 4.69) is 17.3 Å². The molecule has 0 bridgehead atoms. The van der Waals surface area contributed by atoms with Crippen LogP contribution >= 0.6 is 0 Å². The van der Waals surface area contributed by atoms with Crippen LogP contribution in [0.4, 0.5) is 0 Å². The lowest BCUT2D eigenvalue weighted by atomic mass is 9.74. The van der Waals surface area contributed by atoms with E-state index in [1.54, 1.807) is 0 Å². The third-order valence-corrected chi connectivity index (χ3v) is 4.95. The van der Waals surface area contributed by atoms with Crippen molar-refractivity contribution in [3.05, 3.63) is 11.5 Å². The molecule has 2 heterocycles. The molecule has 0 unspecified atom stereocenters. The van der Waals surface area contributed by atoms with E-state index in [4.69, 9.17) is 9.47 Å². The molecule has 20 heavy (non-hydrogen) atoms. The number of nitrogens with zero attached hydrogens (tertiary/aromatic N) is 1. The Morgan fingerprint density at radius 3 is 2.90 bits per heavy atom. The molecule has 1 aliphatic carbocycles. The van der Waals surface area contributed by atoms with Crippen LogP contribution in [0.2, 0.25) is 0 Å². The number of ether oxygens (including phenoxy) is 2. The van der Waals surface area contributed by atoms with Crippen LogP contribution in [0.25, 0.3) is 0 Å². The Labute approximate surface area is 120 Å². The summed E-state index contributed by atoms with van der Waals surface area (Å²) in [4.78, 5) is 2.37. The minimum Gasteiger partial charge on any atom is -0.495 e. The summed E-state index contributed by atoms with van der Waals surface area (Å²) in [5.74, 6) is 0.542. The second-order valence-electron chi connectivity index (χ2n) is 6.28. The average molecular weight is 282 g/mol. The zero-order valence-corrected chi connectivity index (χ0v) is 12.5. The third-order valence-electron chi connectivity index (χ3n) is 4.95. The Morgan fingerprint density at radius 2 is 2.20 bits per heavy atom. The van der Waals surface area contributed by atoms with Crippen molar-refractivity contribution in [2.75, 3.05) is 33.4 Å². The maximum absolute atomic E-state index is 10.1. The van der Waals surface area contributed by atoms with Crippen molar-refractivity contribution >= 4 is 0 Å². The summed E-state index contributed by atoms with van der Waals surface area (Å²) in [5, 5.41) is 13.2. The highest BCUT2D eigenvalue weighted by molar-refractivity contribution is 5.15. The van der Waals surface area contributed by atoms with Crippen LogP contribution in [0, 0.1) is 5.92 Å². The van der Waals surface area contributed by atoms with Crippen molar-refractivity contribution in [1.29, 1.82) is 0 Å². The number of hydrogen-bond acceptors (Lipinski definition) is 5. The SMILES string of the molecule is CCN/C(O)=C1\C[C@@H]2CC3(CC[C@H]2N(C)C1)OCCO3. The van der Waals surface area contributed by atoms with Gasteiger partial charge in [0, 0.05) is 37.5 Å². The van der Waals surface area contributed by atoms with Gasteiger partial charge in [-0.05, 0) is 32.7 Å². The second kappa shape index (κ2) is 5.54. The zero-order chi connectivity index (χ0) is 14.2. The summed E-state index contributed by atoms with van der Waals surface area (Å²) in [5.41, 5.74) is 1.12. The van der Waals surface area contributed by atoms with Crippen LogP contribution in [0.3, 0.4) is 0 Å². The molecule has 0 aromatic heterocycles. The topological polar surface area (TPSA) is 54.0 Å². The second-order valence-corrected chi connectivity index (χ2v) is 6.28. The van der Waals surface area contributed by atoms with Gasteiger partial charge >= 0.3 is 0 Å². The molecule has 3 rings (SSSR count). The quantitative estimate of drug-likeness (QED) is 0.754. The van der Waals surface area contributed by atoms with Gasteiger partial charge in [0.2, 0.25) is 0 Å². The largest absolute Gasteiger partial charge is 0.495 e. The summed E-state index contributed by atoms with van der Waals surface area (Å²) in [6.07, 6.45) is 4.01. The molecule has 0 amide bonds. The molecule has 0 aromatic carbocycles. The number of aliphatic hydroxyl groups excluding tert-OH is 1. The molecular weight excluding hydrogens is 256 g/mol. The molecule has 2 atom stereocenters. The van der Waals surface area contributed by atoms with Crippen molar-refractivity contribution in [3.8, 4) is 0 Å². The molecule has 3 aliphatic rings. The van der Waals surface area contributed by atoms with Crippen LogP contribution in [0.1, 0.15) is 32.6 Å². The molecule has 2 aliphatic heterocycles. The minimum absolute atomic E-state index is 0.335. The van der Waals surface area contributed by atoms with E-state index < -0.39 is 0 Å². The number of hydrogen-bond donors (Lipinski definition) is 2. The maximum atomic E-state index is 10.1. The van der Waals surface area contributed by atoms with E-state index in [-0.39, 0.29) is 5.79 Å². The Morgan fingerprint density at radius 1 is 1.45 bits per heavy atom. The number of aliphatic hydroxyl groups is 1. The molecule has 1 saturated carbocycles. The lowest BCUT2D eigenvalue weighted by Crippen LogP contribution is -2.52. The monoisotopic (exact) mass is 282 g/mol. The minimum atomic E-state index is -0.335. The van der Waals surface area contributed by atoms with E-state index in [1.807, 2.05) is 6.92 Å². The fraction of sp³-hybridized carbons (Fsp3) is 0.867. The molecule has 114 valence electrons. The Balaban J connectivity index is 1.75.